The number of aromatic amines is 1. The van der Waals surface area contributed by atoms with E-state index in [-0.39, 0.29) is 6.61 Å². The normalized spacial score (nSPS) is 19.0. The molecule has 1 fully saturated rings. The van der Waals surface area contributed by atoms with Gasteiger partial charge in [0.05, 0.1) is 27.2 Å². The van der Waals surface area contributed by atoms with Gasteiger partial charge in [0.1, 0.15) is 35.4 Å². The third kappa shape index (κ3) is 7.29. The van der Waals surface area contributed by atoms with Crippen LogP contribution in [-0.2, 0) is 26.4 Å². The number of nitrogens with zero attached hydrogens (tertiary/aromatic N) is 3. The zero-order chi connectivity index (χ0) is 35.1. The Kier molecular flexibility index (Phi) is 10.9. The molecule has 0 aliphatic carbocycles. The molecule has 262 valence electrons. The zero-order valence-corrected chi connectivity index (χ0v) is 28.3. The topological polar surface area (TPSA) is 139 Å². The predicted molar refractivity (Wildman–Crippen MR) is 185 cm³/mol. The highest BCUT2D eigenvalue weighted by Crippen LogP contribution is 2.43. The summed E-state index contributed by atoms with van der Waals surface area (Å²) >= 11 is 0. The molecule has 4 atom stereocenters. The van der Waals surface area contributed by atoms with Gasteiger partial charge in [-0.25, -0.2) is 9.78 Å². The summed E-state index contributed by atoms with van der Waals surface area (Å²) in [5.74, 6) is 1.38. The third-order valence-corrected chi connectivity index (χ3v) is 9.05. The lowest BCUT2D eigenvalue weighted by Gasteiger charge is -2.37. The van der Waals surface area contributed by atoms with E-state index in [1.165, 1.54) is 10.8 Å². The third-order valence-electron chi connectivity index (χ3n) is 9.05. The predicted octanol–water partition coefficient (Wildman–Crippen LogP) is 4.19. The number of H-pyrrole nitrogens is 1. The molecule has 12 nitrogen and oxygen atoms in total. The number of methoxy groups -OCH3 is 2. The summed E-state index contributed by atoms with van der Waals surface area (Å²) in [7, 11) is 3.23. The van der Waals surface area contributed by atoms with Gasteiger partial charge in [0, 0.05) is 37.3 Å². The Balaban J connectivity index is 1.33. The summed E-state index contributed by atoms with van der Waals surface area (Å²) in [5.41, 5.74) is 0.488. The van der Waals surface area contributed by atoms with E-state index in [9.17, 15) is 14.7 Å². The fourth-order valence-corrected chi connectivity index (χ4v) is 6.35. The van der Waals surface area contributed by atoms with Crippen LogP contribution >= 0.6 is 0 Å². The number of aliphatic hydroxyl groups excluding tert-OH is 1. The van der Waals surface area contributed by atoms with Gasteiger partial charge >= 0.3 is 5.69 Å². The standard InChI is InChI=1S/C38H42N4O8/c1-26-23-42(37(45)40-35(26)44)36-34(48-22-8-7-20-41-21-19-39-25-41)33(43)32(50-36)24-49-38(27-9-5-4-6-10-27,28-11-15-30(46-2)16-12-28)29-13-17-31(47-3)18-14-29/h4-6,9-19,21,23,25,32-34,36,43H,7-8,20,22,24H2,1-3H3,(H,40,44,45)/t32-,33-,34-,36-/m1/s1. The number of aryl methyl sites for hydroxylation is 2. The fourth-order valence-electron chi connectivity index (χ4n) is 6.35. The Morgan fingerprint density at radius 1 is 0.900 bits per heavy atom. The average molecular weight is 683 g/mol. The molecular weight excluding hydrogens is 640 g/mol. The van der Waals surface area contributed by atoms with Crippen molar-refractivity contribution in [2.24, 2.45) is 0 Å². The number of hydrogen-bond acceptors (Lipinski definition) is 9. The monoisotopic (exact) mass is 682 g/mol. The Morgan fingerprint density at radius 2 is 1.54 bits per heavy atom. The molecule has 0 saturated carbocycles. The SMILES string of the molecule is COc1ccc(C(OC[C@H]2O[C@@H](n3cc(C)c(=O)[nH]c3=O)[C@H](OCCCCn3ccnc3)[C@@H]2O)(c2ccccc2)c2ccc(OC)cc2)cc1. The highest BCUT2D eigenvalue weighted by Gasteiger charge is 2.48. The number of ether oxygens (including phenoxy) is 5. The second-order valence-electron chi connectivity index (χ2n) is 12.2. The Labute approximate surface area is 289 Å². The molecule has 2 N–H and O–H groups in total. The maximum absolute atomic E-state index is 13.1. The first-order chi connectivity index (χ1) is 24.3. The van der Waals surface area contributed by atoms with Crippen molar-refractivity contribution in [3.05, 3.63) is 147 Å². The highest BCUT2D eigenvalue weighted by atomic mass is 16.6. The second-order valence-corrected chi connectivity index (χ2v) is 12.2. The van der Waals surface area contributed by atoms with Crippen molar-refractivity contribution < 1.29 is 28.8 Å². The van der Waals surface area contributed by atoms with Gasteiger partial charge in [-0.1, -0.05) is 54.6 Å². The van der Waals surface area contributed by atoms with Crippen LogP contribution in [-0.4, -0.2) is 70.0 Å². The minimum atomic E-state index is -1.17. The summed E-state index contributed by atoms with van der Waals surface area (Å²) in [6, 6.07) is 25.1. The first-order valence-electron chi connectivity index (χ1n) is 16.6. The van der Waals surface area contributed by atoms with Crippen LogP contribution in [0.5, 0.6) is 11.5 Å². The Bertz CT molecular complexity index is 1880. The lowest BCUT2D eigenvalue weighted by atomic mass is 9.80. The molecule has 2 aromatic heterocycles. The van der Waals surface area contributed by atoms with E-state index < -0.39 is 41.4 Å². The van der Waals surface area contributed by atoms with Gasteiger partial charge in [-0.2, -0.15) is 0 Å². The van der Waals surface area contributed by atoms with E-state index in [4.69, 9.17) is 23.7 Å². The van der Waals surface area contributed by atoms with E-state index in [0.29, 0.717) is 30.1 Å². The van der Waals surface area contributed by atoms with Gasteiger partial charge < -0.3 is 33.4 Å². The van der Waals surface area contributed by atoms with Crippen molar-refractivity contribution in [1.82, 2.24) is 19.1 Å². The maximum Gasteiger partial charge on any atom is 0.330 e. The summed E-state index contributed by atoms with van der Waals surface area (Å²) in [6.07, 6.45) is 4.30. The van der Waals surface area contributed by atoms with Crippen LogP contribution in [0.4, 0.5) is 0 Å². The summed E-state index contributed by atoms with van der Waals surface area (Å²) in [4.78, 5) is 31.7. The van der Waals surface area contributed by atoms with Crippen molar-refractivity contribution in [3.63, 3.8) is 0 Å². The minimum Gasteiger partial charge on any atom is -0.497 e. The number of unbranched alkanes of at least 4 members (excludes halogenated alkanes) is 1. The van der Waals surface area contributed by atoms with E-state index in [1.54, 1.807) is 33.7 Å². The van der Waals surface area contributed by atoms with Crippen molar-refractivity contribution >= 4 is 0 Å². The number of nitrogens with one attached hydrogen (secondary N) is 1. The minimum absolute atomic E-state index is 0.0812. The van der Waals surface area contributed by atoms with Gasteiger partial charge in [0.15, 0.2) is 6.23 Å². The molecule has 1 aliphatic heterocycles. The van der Waals surface area contributed by atoms with Crippen LogP contribution in [0, 0.1) is 6.92 Å². The summed E-state index contributed by atoms with van der Waals surface area (Å²) < 4.78 is 33.9. The quantitative estimate of drug-likeness (QED) is 0.123. The van der Waals surface area contributed by atoms with Gasteiger partial charge in [0.25, 0.3) is 5.56 Å². The first-order valence-corrected chi connectivity index (χ1v) is 16.6. The molecule has 1 aliphatic rings. The largest absolute Gasteiger partial charge is 0.497 e. The van der Waals surface area contributed by atoms with Crippen molar-refractivity contribution in [1.29, 1.82) is 0 Å². The Hall–Kier alpha value is -5.01. The molecule has 0 radical (unpaired) electrons. The lowest BCUT2D eigenvalue weighted by molar-refractivity contribution is -0.0983. The number of hydrogen-bond donors (Lipinski definition) is 2. The number of rotatable bonds is 15. The van der Waals surface area contributed by atoms with Crippen LogP contribution in [0.25, 0.3) is 0 Å². The molecule has 3 heterocycles. The highest BCUT2D eigenvalue weighted by molar-refractivity contribution is 5.49. The molecular formula is C38H42N4O8. The smallest absolute Gasteiger partial charge is 0.330 e. The second kappa shape index (κ2) is 15.7. The molecule has 0 amide bonds. The van der Waals surface area contributed by atoms with Crippen LogP contribution in [0.2, 0.25) is 0 Å². The van der Waals surface area contributed by atoms with Gasteiger partial charge in [0.2, 0.25) is 0 Å². The van der Waals surface area contributed by atoms with E-state index >= 15 is 0 Å². The van der Waals surface area contributed by atoms with E-state index in [0.717, 1.165) is 29.7 Å². The van der Waals surface area contributed by atoms with Crippen molar-refractivity contribution in [2.45, 2.75) is 56.5 Å². The molecule has 0 bridgehead atoms. The average Bonchev–Trinajstić information content (AvgIpc) is 3.78. The maximum atomic E-state index is 13.1. The van der Waals surface area contributed by atoms with Crippen LogP contribution < -0.4 is 20.7 Å². The molecule has 6 rings (SSSR count). The van der Waals surface area contributed by atoms with Crippen LogP contribution in [0.3, 0.4) is 0 Å². The molecule has 50 heavy (non-hydrogen) atoms. The number of imidazole rings is 1. The van der Waals surface area contributed by atoms with Crippen molar-refractivity contribution in [2.75, 3.05) is 27.4 Å². The van der Waals surface area contributed by atoms with Crippen molar-refractivity contribution in [3.8, 4) is 11.5 Å². The molecule has 1 saturated heterocycles. The summed E-state index contributed by atoms with van der Waals surface area (Å²) in [5, 5.41) is 11.8. The number of benzene rings is 3. The number of aliphatic hydroxyl groups is 1. The molecule has 0 unspecified atom stereocenters. The fraction of sp³-hybridized carbons (Fsp3) is 0.342. The molecule has 12 heteroatoms. The Morgan fingerprint density at radius 3 is 2.14 bits per heavy atom. The van der Waals surface area contributed by atoms with Gasteiger partial charge in [-0.05, 0) is 60.7 Å². The first kappa shape index (κ1) is 34.8. The lowest BCUT2D eigenvalue weighted by Crippen LogP contribution is -2.41. The van der Waals surface area contributed by atoms with Crippen LogP contribution in [0.1, 0.15) is 41.3 Å². The zero-order valence-electron chi connectivity index (χ0n) is 28.3. The van der Waals surface area contributed by atoms with Gasteiger partial charge in [-0.3, -0.25) is 14.3 Å². The van der Waals surface area contributed by atoms with E-state index in [1.807, 2.05) is 89.6 Å². The number of aromatic nitrogens is 4. The summed E-state index contributed by atoms with van der Waals surface area (Å²) in [6.45, 7) is 2.60. The molecule has 3 aromatic carbocycles. The van der Waals surface area contributed by atoms with Crippen LogP contribution in [0.15, 0.2) is 113 Å². The molecule has 0 spiro atoms. The van der Waals surface area contributed by atoms with E-state index in [2.05, 4.69) is 9.97 Å². The molecule has 5 aromatic rings. The van der Waals surface area contributed by atoms with Gasteiger partial charge in [-0.15, -0.1) is 0 Å².